The van der Waals surface area contributed by atoms with Gasteiger partial charge in [-0.1, -0.05) is 46.3 Å². The first-order chi connectivity index (χ1) is 9.56. The van der Waals surface area contributed by atoms with Crippen molar-refractivity contribution in [1.82, 2.24) is 5.32 Å². The Balaban J connectivity index is 1.69. The Bertz CT molecular complexity index is 537. The van der Waals surface area contributed by atoms with E-state index < -0.39 is 17.8 Å². The summed E-state index contributed by atoms with van der Waals surface area (Å²) in [7, 11) is 0. The van der Waals surface area contributed by atoms with Gasteiger partial charge in [0.15, 0.2) is 0 Å². The molecule has 1 amide bonds. The lowest BCUT2D eigenvalue weighted by molar-refractivity contribution is -0.147. The summed E-state index contributed by atoms with van der Waals surface area (Å²) in [6.07, 6.45) is 11.3. The van der Waals surface area contributed by atoms with Crippen molar-refractivity contribution in [3.63, 3.8) is 0 Å². The number of fused-ring (bicyclic) bond motifs is 2. The first kappa shape index (κ1) is 13.6. The van der Waals surface area contributed by atoms with E-state index in [0.29, 0.717) is 0 Å². The maximum atomic E-state index is 12.4. The number of carbonyl (C=O) groups is 2. The van der Waals surface area contributed by atoms with Crippen molar-refractivity contribution in [3.8, 4) is 0 Å². The first-order valence-corrected chi connectivity index (χ1v) is 7.61. The van der Waals surface area contributed by atoms with Crippen LogP contribution >= 0.6 is 15.9 Å². The topological polar surface area (TPSA) is 66.4 Å². The molecular formula is C15H16BrNO3. The molecule has 0 heterocycles. The van der Waals surface area contributed by atoms with E-state index in [1.807, 2.05) is 30.4 Å². The summed E-state index contributed by atoms with van der Waals surface area (Å²) in [5.41, 5.74) is 0. The van der Waals surface area contributed by atoms with Gasteiger partial charge in [-0.05, 0) is 24.7 Å². The van der Waals surface area contributed by atoms with Crippen molar-refractivity contribution in [2.24, 2.45) is 23.7 Å². The van der Waals surface area contributed by atoms with Crippen LogP contribution in [0.1, 0.15) is 12.8 Å². The number of halogens is 1. The van der Waals surface area contributed by atoms with Gasteiger partial charge >= 0.3 is 5.97 Å². The summed E-state index contributed by atoms with van der Waals surface area (Å²) < 4.78 is 1.01. The molecule has 5 atom stereocenters. The van der Waals surface area contributed by atoms with Gasteiger partial charge in [0.25, 0.3) is 0 Å². The van der Waals surface area contributed by atoms with E-state index in [-0.39, 0.29) is 23.8 Å². The molecule has 20 heavy (non-hydrogen) atoms. The molecular weight excluding hydrogens is 322 g/mol. The molecule has 5 heteroatoms. The van der Waals surface area contributed by atoms with Gasteiger partial charge < -0.3 is 10.4 Å². The van der Waals surface area contributed by atoms with Crippen molar-refractivity contribution < 1.29 is 14.7 Å². The minimum atomic E-state index is -0.858. The fourth-order valence-corrected chi connectivity index (χ4v) is 3.84. The number of hydrogen-bond acceptors (Lipinski definition) is 2. The predicted molar refractivity (Wildman–Crippen MR) is 78.1 cm³/mol. The number of rotatable bonds is 3. The van der Waals surface area contributed by atoms with Crippen molar-refractivity contribution in [3.05, 3.63) is 34.9 Å². The fourth-order valence-electron chi connectivity index (χ4n) is 3.50. The van der Waals surface area contributed by atoms with Crippen LogP contribution in [-0.4, -0.2) is 23.0 Å². The molecule has 0 aromatic heterocycles. The number of allylic oxidation sites excluding steroid dienone is 4. The van der Waals surface area contributed by atoms with Gasteiger partial charge in [0.1, 0.15) is 0 Å². The molecule has 5 unspecified atom stereocenters. The molecule has 0 aromatic carbocycles. The Morgan fingerprint density at radius 3 is 2.50 bits per heavy atom. The summed E-state index contributed by atoms with van der Waals surface area (Å²) in [5.74, 6) is -1.88. The number of carbonyl (C=O) groups excluding carboxylic acids is 1. The fraction of sp³-hybridized carbons (Fsp3) is 0.467. The monoisotopic (exact) mass is 337 g/mol. The van der Waals surface area contributed by atoms with E-state index >= 15 is 0 Å². The molecule has 3 rings (SSSR count). The maximum absolute atomic E-state index is 12.4. The third kappa shape index (κ3) is 2.35. The van der Waals surface area contributed by atoms with Crippen LogP contribution < -0.4 is 5.32 Å². The van der Waals surface area contributed by atoms with E-state index in [2.05, 4.69) is 21.2 Å². The first-order valence-electron chi connectivity index (χ1n) is 6.81. The van der Waals surface area contributed by atoms with E-state index in [1.165, 1.54) is 0 Å². The zero-order chi connectivity index (χ0) is 14.3. The highest BCUT2D eigenvalue weighted by molar-refractivity contribution is 9.11. The third-order valence-corrected chi connectivity index (χ3v) is 5.02. The van der Waals surface area contributed by atoms with Gasteiger partial charge in [0.05, 0.1) is 17.9 Å². The molecule has 0 aromatic rings. The summed E-state index contributed by atoms with van der Waals surface area (Å²) in [5, 5.41) is 12.3. The van der Waals surface area contributed by atoms with Crippen LogP contribution in [0.2, 0.25) is 0 Å². The zero-order valence-electron chi connectivity index (χ0n) is 10.8. The second kappa shape index (κ2) is 5.20. The number of aliphatic carboxylic acids is 1. The number of nitrogens with one attached hydrogen (secondary N) is 1. The van der Waals surface area contributed by atoms with E-state index in [9.17, 15) is 14.7 Å². The Labute approximate surface area is 125 Å². The molecule has 3 aliphatic carbocycles. The molecule has 3 aliphatic rings. The van der Waals surface area contributed by atoms with Crippen molar-refractivity contribution in [2.75, 3.05) is 0 Å². The van der Waals surface area contributed by atoms with E-state index in [4.69, 9.17) is 0 Å². The molecule has 4 nitrogen and oxygen atoms in total. The second-order valence-electron chi connectivity index (χ2n) is 5.64. The quantitative estimate of drug-likeness (QED) is 0.776. The predicted octanol–water partition coefficient (Wildman–Crippen LogP) is 2.23. The third-order valence-electron chi connectivity index (χ3n) is 4.43. The van der Waals surface area contributed by atoms with Gasteiger partial charge in [0.2, 0.25) is 5.91 Å². The summed E-state index contributed by atoms with van der Waals surface area (Å²) >= 11 is 3.38. The van der Waals surface area contributed by atoms with Crippen molar-refractivity contribution in [2.45, 2.75) is 18.9 Å². The van der Waals surface area contributed by atoms with E-state index in [1.54, 1.807) is 0 Å². The molecule has 2 bridgehead atoms. The number of hydrogen-bond donors (Lipinski definition) is 2. The second-order valence-corrected chi connectivity index (χ2v) is 6.55. The van der Waals surface area contributed by atoms with Crippen LogP contribution in [-0.2, 0) is 9.59 Å². The van der Waals surface area contributed by atoms with Gasteiger partial charge in [-0.25, -0.2) is 0 Å². The number of carboxylic acid groups (broad SMARTS) is 1. The van der Waals surface area contributed by atoms with Gasteiger partial charge in [0, 0.05) is 4.48 Å². The molecule has 2 N–H and O–H groups in total. The molecule has 0 spiro atoms. The van der Waals surface area contributed by atoms with Crippen LogP contribution in [0, 0.1) is 23.7 Å². The number of carboxylic acids is 1. The Hall–Kier alpha value is -1.36. The lowest BCUT2D eigenvalue weighted by Gasteiger charge is -2.26. The van der Waals surface area contributed by atoms with Gasteiger partial charge in [-0.3, -0.25) is 9.59 Å². The lowest BCUT2D eigenvalue weighted by Crippen LogP contribution is -2.44. The minimum Gasteiger partial charge on any atom is -0.481 e. The van der Waals surface area contributed by atoms with Crippen molar-refractivity contribution in [1.29, 1.82) is 0 Å². The summed E-state index contributed by atoms with van der Waals surface area (Å²) in [4.78, 5) is 23.8. The summed E-state index contributed by atoms with van der Waals surface area (Å²) in [6, 6.07) is -0.0404. The van der Waals surface area contributed by atoms with Gasteiger partial charge in [-0.2, -0.15) is 0 Å². The zero-order valence-corrected chi connectivity index (χ0v) is 12.4. The van der Waals surface area contributed by atoms with E-state index in [0.717, 1.165) is 17.3 Å². The highest BCUT2D eigenvalue weighted by Crippen LogP contribution is 2.48. The van der Waals surface area contributed by atoms with Crippen LogP contribution in [0.25, 0.3) is 0 Å². The highest BCUT2D eigenvalue weighted by Gasteiger charge is 2.51. The van der Waals surface area contributed by atoms with Gasteiger partial charge in [-0.15, -0.1) is 0 Å². The van der Waals surface area contributed by atoms with Crippen LogP contribution in [0.5, 0.6) is 0 Å². The Kier molecular flexibility index (Phi) is 3.54. The Morgan fingerprint density at radius 2 is 1.90 bits per heavy atom. The Morgan fingerprint density at radius 1 is 1.20 bits per heavy atom. The lowest BCUT2D eigenvalue weighted by atomic mass is 9.82. The van der Waals surface area contributed by atoms with Crippen LogP contribution in [0.3, 0.4) is 0 Å². The normalized spacial score (nSPS) is 37.9. The molecule has 0 saturated heterocycles. The molecule has 1 fully saturated rings. The van der Waals surface area contributed by atoms with Crippen LogP contribution in [0.15, 0.2) is 34.9 Å². The average molecular weight is 338 g/mol. The summed E-state index contributed by atoms with van der Waals surface area (Å²) in [6.45, 7) is 0. The minimum absolute atomic E-state index is 0.0178. The molecule has 0 aliphatic heterocycles. The molecule has 0 radical (unpaired) electrons. The smallest absolute Gasteiger partial charge is 0.307 e. The molecule has 106 valence electrons. The SMILES string of the molecule is O=C(O)C1C2C=CC(C2)C1C(=O)NC1C=CC(Br)=CC1. The average Bonchev–Trinajstić information content (AvgIpc) is 3.01. The maximum Gasteiger partial charge on any atom is 0.307 e. The number of amides is 1. The largest absolute Gasteiger partial charge is 0.481 e. The molecule has 1 saturated carbocycles. The standard InChI is InChI=1S/C15H16BrNO3/c16-10-3-5-11(6-4-10)17-14(18)12-8-1-2-9(7-8)13(12)15(19)20/h1-5,8-9,11-13H,6-7H2,(H,17,18)(H,19,20). The highest BCUT2D eigenvalue weighted by atomic mass is 79.9. The van der Waals surface area contributed by atoms with Crippen molar-refractivity contribution >= 4 is 27.8 Å². The van der Waals surface area contributed by atoms with Crippen LogP contribution in [0.4, 0.5) is 0 Å².